The predicted molar refractivity (Wildman–Crippen MR) is 210 cm³/mol. The fraction of sp³-hybridized carbons (Fsp3) is 0.381. The molecule has 284 valence electrons. The molecule has 12 heteroatoms. The van der Waals surface area contributed by atoms with Gasteiger partial charge in [0, 0.05) is 17.8 Å². The molecule has 2 bridgehead atoms. The van der Waals surface area contributed by atoms with E-state index in [-0.39, 0.29) is 37.2 Å². The second kappa shape index (κ2) is 17.0. The SMILES string of the molecule is C=CCCC(=O)OC[C@H](NC(=O)[C@H]1[C@@H]2O[C@@]3(CC2Br)[C@@H]1C(=O)N([C@@H](CO)Cc1ccccc1)[C@@H]3C(=O)N(CC=C)c1c(C)cccc1Cl)c1ccccc1. The molecule has 3 aromatic rings. The van der Waals surface area contributed by atoms with Crippen LogP contribution in [-0.4, -0.2) is 82.1 Å². The number of esters is 1. The maximum atomic E-state index is 15.3. The average molecular weight is 819 g/mol. The molecule has 1 spiro atoms. The van der Waals surface area contributed by atoms with E-state index in [2.05, 4.69) is 34.4 Å². The van der Waals surface area contributed by atoms with Crippen molar-refractivity contribution in [1.82, 2.24) is 10.2 Å². The van der Waals surface area contributed by atoms with Crippen molar-refractivity contribution in [3.8, 4) is 0 Å². The maximum Gasteiger partial charge on any atom is 0.306 e. The van der Waals surface area contributed by atoms with E-state index in [1.807, 2.05) is 73.7 Å². The number of para-hydroxylation sites is 1. The van der Waals surface area contributed by atoms with Gasteiger partial charge in [-0.25, -0.2) is 0 Å². The highest BCUT2D eigenvalue weighted by atomic mass is 79.9. The van der Waals surface area contributed by atoms with Crippen molar-refractivity contribution >= 4 is 56.9 Å². The summed E-state index contributed by atoms with van der Waals surface area (Å²) in [4.78, 5) is 60.0. The molecule has 0 radical (unpaired) electrons. The molecular formula is C42H45BrClN3O7. The van der Waals surface area contributed by atoms with Crippen LogP contribution in [0.2, 0.25) is 5.02 Å². The molecule has 3 aliphatic heterocycles. The van der Waals surface area contributed by atoms with Crippen LogP contribution in [0.4, 0.5) is 5.69 Å². The number of aryl methyl sites for hydroxylation is 1. The number of allylic oxidation sites excluding steroid dienone is 1. The van der Waals surface area contributed by atoms with Crippen molar-refractivity contribution in [2.45, 2.75) is 67.3 Å². The number of aliphatic hydroxyl groups excluding tert-OH is 1. The van der Waals surface area contributed by atoms with Crippen molar-refractivity contribution in [1.29, 1.82) is 0 Å². The van der Waals surface area contributed by atoms with Crippen LogP contribution in [0.3, 0.4) is 0 Å². The van der Waals surface area contributed by atoms with Gasteiger partial charge in [0.2, 0.25) is 11.8 Å². The number of hydrogen-bond acceptors (Lipinski definition) is 7. The standard InChI is InChI=1S/C42H45BrClN3O7/c1-4-6-20-33(49)53-25-32(28-17-11-8-12-18-28)45-39(50)34-35-40(51)47(29(24-48)22-27-15-9-7-10-16-27)38(42(35)23-30(43)37(34)54-42)41(52)46(21-5-2)36-26(3)14-13-19-31(36)44/h4-5,7-19,29-30,32,34-35,37-38,48H,1-2,6,20-25H2,3H3,(H,45,50)/t29-,30?,32+,34-,35+,37-,38-,42+/m1/s1. The van der Waals surface area contributed by atoms with E-state index in [0.29, 0.717) is 22.7 Å². The first-order valence-corrected chi connectivity index (χ1v) is 19.4. The minimum Gasteiger partial charge on any atom is -0.463 e. The Labute approximate surface area is 329 Å². The number of ether oxygens (including phenoxy) is 2. The topological polar surface area (TPSA) is 125 Å². The number of aliphatic hydroxyl groups is 1. The van der Waals surface area contributed by atoms with Gasteiger partial charge in [-0.15, -0.1) is 13.2 Å². The van der Waals surface area contributed by atoms with E-state index >= 15 is 9.59 Å². The number of likely N-dealkylation sites (tertiary alicyclic amines) is 1. The number of carbonyl (C=O) groups excluding carboxylic acids is 4. The van der Waals surface area contributed by atoms with Crippen molar-refractivity contribution in [2.24, 2.45) is 11.8 Å². The molecule has 54 heavy (non-hydrogen) atoms. The number of anilines is 1. The summed E-state index contributed by atoms with van der Waals surface area (Å²) in [6, 6.07) is 21.1. The zero-order valence-electron chi connectivity index (χ0n) is 30.1. The van der Waals surface area contributed by atoms with Gasteiger partial charge in [-0.3, -0.25) is 19.2 Å². The molecule has 3 aromatic carbocycles. The lowest BCUT2D eigenvalue weighted by molar-refractivity contribution is -0.146. The van der Waals surface area contributed by atoms with E-state index in [9.17, 15) is 14.7 Å². The van der Waals surface area contributed by atoms with Crippen molar-refractivity contribution in [2.75, 3.05) is 24.7 Å². The minimum absolute atomic E-state index is 0.0838. The number of rotatable bonds is 16. The highest BCUT2D eigenvalue weighted by Gasteiger charge is 2.77. The van der Waals surface area contributed by atoms with Crippen LogP contribution in [0.1, 0.15) is 42.0 Å². The Bertz CT molecular complexity index is 1860. The van der Waals surface area contributed by atoms with Crippen LogP contribution in [0.25, 0.3) is 0 Å². The molecule has 2 N–H and O–H groups in total. The van der Waals surface area contributed by atoms with Crippen LogP contribution in [-0.2, 0) is 35.1 Å². The van der Waals surface area contributed by atoms with Gasteiger partial charge in [0.15, 0.2) is 0 Å². The molecule has 6 rings (SSSR count). The third-order valence-corrected chi connectivity index (χ3v) is 11.8. The molecule has 0 aromatic heterocycles. The highest BCUT2D eigenvalue weighted by Crippen LogP contribution is 2.61. The molecule has 0 aliphatic carbocycles. The summed E-state index contributed by atoms with van der Waals surface area (Å²) in [5.74, 6) is -3.87. The molecule has 3 fully saturated rings. The Morgan fingerprint density at radius 1 is 1.09 bits per heavy atom. The van der Waals surface area contributed by atoms with Crippen LogP contribution in [0, 0.1) is 18.8 Å². The third-order valence-electron chi connectivity index (χ3n) is 10.7. The maximum absolute atomic E-state index is 15.3. The number of carbonyl (C=O) groups is 4. The number of nitrogens with zero attached hydrogens (tertiary/aromatic N) is 2. The first-order chi connectivity index (χ1) is 26.1. The average Bonchev–Trinajstić information content (AvgIpc) is 3.77. The molecule has 3 heterocycles. The molecular weight excluding hydrogens is 774 g/mol. The Morgan fingerprint density at radius 3 is 2.44 bits per heavy atom. The van der Waals surface area contributed by atoms with Gasteiger partial charge in [0.05, 0.1) is 47.3 Å². The van der Waals surface area contributed by atoms with Crippen LogP contribution in [0.15, 0.2) is 104 Å². The summed E-state index contributed by atoms with van der Waals surface area (Å²) in [6.07, 6.45) is 3.60. The number of alkyl halides is 1. The van der Waals surface area contributed by atoms with Gasteiger partial charge >= 0.3 is 5.97 Å². The lowest BCUT2D eigenvalue weighted by Crippen LogP contribution is -2.59. The van der Waals surface area contributed by atoms with Crippen LogP contribution >= 0.6 is 27.5 Å². The molecule has 10 nitrogen and oxygen atoms in total. The smallest absolute Gasteiger partial charge is 0.306 e. The highest BCUT2D eigenvalue weighted by molar-refractivity contribution is 9.09. The van der Waals surface area contributed by atoms with E-state index in [1.165, 1.54) is 9.80 Å². The van der Waals surface area contributed by atoms with E-state index < -0.39 is 72.0 Å². The zero-order chi connectivity index (χ0) is 38.6. The largest absolute Gasteiger partial charge is 0.463 e. The lowest BCUT2D eigenvalue weighted by atomic mass is 9.70. The normalized spacial score (nSPS) is 25.1. The third kappa shape index (κ3) is 7.51. The Morgan fingerprint density at radius 2 is 1.80 bits per heavy atom. The van der Waals surface area contributed by atoms with Gasteiger partial charge in [0.1, 0.15) is 18.2 Å². The molecule has 1 unspecified atom stereocenters. The van der Waals surface area contributed by atoms with Gasteiger partial charge in [-0.2, -0.15) is 0 Å². The Hall–Kier alpha value is -4.29. The summed E-state index contributed by atoms with van der Waals surface area (Å²) >= 11 is 10.5. The summed E-state index contributed by atoms with van der Waals surface area (Å²) in [5, 5.41) is 14.4. The van der Waals surface area contributed by atoms with Crippen LogP contribution in [0.5, 0.6) is 0 Å². The monoisotopic (exact) mass is 817 g/mol. The van der Waals surface area contributed by atoms with Crippen LogP contribution < -0.4 is 10.2 Å². The number of nitrogens with one attached hydrogen (secondary N) is 1. The molecule has 0 saturated carbocycles. The second-order valence-corrected chi connectivity index (χ2v) is 15.6. The van der Waals surface area contributed by atoms with E-state index in [4.69, 9.17) is 21.1 Å². The molecule has 3 aliphatic rings. The summed E-state index contributed by atoms with van der Waals surface area (Å²) < 4.78 is 12.4. The minimum atomic E-state index is -1.42. The fourth-order valence-corrected chi connectivity index (χ4v) is 9.62. The first kappa shape index (κ1) is 39.4. The summed E-state index contributed by atoms with van der Waals surface area (Å²) in [7, 11) is 0. The molecule has 3 saturated heterocycles. The van der Waals surface area contributed by atoms with Crippen molar-refractivity contribution in [3.63, 3.8) is 0 Å². The molecule has 8 atom stereocenters. The quantitative estimate of drug-likeness (QED) is 0.105. The second-order valence-electron chi connectivity index (χ2n) is 14.1. The van der Waals surface area contributed by atoms with Gasteiger partial charge in [-0.1, -0.05) is 112 Å². The van der Waals surface area contributed by atoms with E-state index in [1.54, 1.807) is 24.3 Å². The lowest BCUT2D eigenvalue weighted by Gasteiger charge is -2.40. The Balaban J connectivity index is 1.40. The predicted octanol–water partition coefficient (Wildman–Crippen LogP) is 5.89. The van der Waals surface area contributed by atoms with E-state index in [0.717, 1.165) is 11.1 Å². The van der Waals surface area contributed by atoms with Crippen molar-refractivity contribution in [3.05, 3.63) is 126 Å². The Kier molecular flexibility index (Phi) is 12.4. The summed E-state index contributed by atoms with van der Waals surface area (Å²) in [6.45, 7) is 8.92. The number of fused-ring (bicyclic) bond motifs is 1. The number of benzene rings is 3. The van der Waals surface area contributed by atoms with Gasteiger partial charge in [-0.05, 0) is 48.9 Å². The summed E-state index contributed by atoms with van der Waals surface area (Å²) in [5.41, 5.74) is 1.37. The van der Waals surface area contributed by atoms with Gasteiger partial charge < -0.3 is 29.7 Å². The number of halogens is 2. The molecule has 3 amide bonds. The first-order valence-electron chi connectivity index (χ1n) is 18.1. The number of amides is 3. The number of hydrogen-bond donors (Lipinski definition) is 2. The van der Waals surface area contributed by atoms with Crippen molar-refractivity contribution < 1.29 is 33.8 Å². The van der Waals surface area contributed by atoms with Gasteiger partial charge in [0.25, 0.3) is 5.91 Å². The fourth-order valence-electron chi connectivity index (χ4n) is 8.35. The zero-order valence-corrected chi connectivity index (χ0v) is 32.5.